The summed E-state index contributed by atoms with van der Waals surface area (Å²) < 4.78 is 38.5. The summed E-state index contributed by atoms with van der Waals surface area (Å²) in [5.74, 6) is 1.50. The largest absolute Gasteiger partial charge is 0 e. The number of ketones is 1. The Kier molecular flexibility index (Phi) is 13.4. The number of methoxy groups -OCH3 is 3. The first-order valence-electron chi connectivity index (χ1n) is 7.33. The van der Waals surface area contributed by atoms with Gasteiger partial charge in [-0.3, -0.25) is 9.79 Å². The Hall–Kier alpha value is -2.56. The molecule has 0 saturated carbocycles. The average molecular weight is 427 g/mol. The van der Waals surface area contributed by atoms with Crippen molar-refractivity contribution in [3.8, 4) is 0 Å². The maximum atomic E-state index is 12.4. The van der Waals surface area contributed by atoms with Gasteiger partial charge < -0.3 is 14.2 Å². The van der Waals surface area contributed by atoms with E-state index in [1.165, 1.54) is 7.11 Å². The Labute approximate surface area is 173 Å². The van der Waals surface area contributed by atoms with Crippen molar-refractivity contribution in [1.82, 2.24) is 0 Å². The van der Waals surface area contributed by atoms with Crippen molar-refractivity contribution >= 4 is 11.5 Å². The summed E-state index contributed by atoms with van der Waals surface area (Å²) in [6, 6.07) is -0.0936. The summed E-state index contributed by atoms with van der Waals surface area (Å²) in [4.78, 5) is 17.1. The van der Waals surface area contributed by atoms with Crippen LogP contribution in [0, 0.1) is 25.9 Å². The van der Waals surface area contributed by atoms with Crippen molar-refractivity contribution in [3.63, 3.8) is 0 Å². The number of rotatable bonds is 3. The molecule has 0 saturated heterocycles. The van der Waals surface area contributed by atoms with Crippen LogP contribution in [0.3, 0.4) is 0 Å². The molecule has 2 aliphatic carbocycles. The number of ether oxygens (including phenoxy) is 3. The molecule has 0 fully saturated rings. The van der Waals surface area contributed by atoms with Crippen LogP contribution < -0.4 is 0 Å². The molecule has 0 amide bonds. The molecule has 8 nitrogen and oxygen atoms in total. The molecule has 3 aliphatic rings. The molecule has 148 valence electrons. The molecule has 1 heterocycles. The van der Waals surface area contributed by atoms with Gasteiger partial charge in [0.25, 0.3) is 0 Å². The van der Waals surface area contributed by atoms with Gasteiger partial charge >= 0.3 is 33.9 Å². The number of Topliss-reactive ketones (excluding diaryl/α,β-unsaturated/α-hetero) is 1. The van der Waals surface area contributed by atoms with E-state index in [0.717, 1.165) is 11.3 Å². The van der Waals surface area contributed by atoms with Crippen molar-refractivity contribution in [2.75, 3.05) is 21.3 Å². The van der Waals surface area contributed by atoms with Gasteiger partial charge in [0, 0.05) is 34.1 Å². The third-order valence-electron chi connectivity index (χ3n) is 4.03. The number of hydrogen-bond acceptors (Lipinski definition) is 5. The summed E-state index contributed by atoms with van der Waals surface area (Å²) in [6.07, 6.45) is 5.83. The van der Waals surface area contributed by atoms with E-state index in [0.29, 0.717) is 22.8 Å². The topological polar surface area (TPSA) is 117 Å². The summed E-state index contributed by atoms with van der Waals surface area (Å²) in [5.41, 5.74) is 2.03. The minimum Gasteiger partial charge on any atom is 0 e. The first-order chi connectivity index (χ1) is 13.1. The third-order valence-corrected chi connectivity index (χ3v) is 4.03. The van der Waals surface area contributed by atoms with Gasteiger partial charge in [0.15, 0.2) is 11.5 Å². The van der Waals surface area contributed by atoms with Crippen LogP contribution >= 0.6 is 0 Å². The maximum absolute atomic E-state index is 12.4. The number of carbonyl (C=O) groups excluding carboxylic acids is 1. The van der Waals surface area contributed by atoms with Gasteiger partial charge in [-0.05, 0) is 19.1 Å². The van der Waals surface area contributed by atoms with Gasteiger partial charge in [-0.15, -0.1) is 0 Å². The summed E-state index contributed by atoms with van der Waals surface area (Å²) >= 11 is 0. The van der Waals surface area contributed by atoms with E-state index in [2.05, 4.69) is 20.0 Å². The van der Waals surface area contributed by atoms with Crippen LogP contribution in [0.25, 0.3) is 0 Å². The third kappa shape index (κ3) is 5.03. The minimum atomic E-state index is -0.140. The van der Waals surface area contributed by atoms with E-state index in [1.54, 1.807) is 21.1 Å². The zero-order valence-electron chi connectivity index (χ0n) is 15.5. The fourth-order valence-electron chi connectivity index (χ4n) is 3.00. The quantitative estimate of drug-likeness (QED) is 0.296. The van der Waals surface area contributed by atoms with Gasteiger partial charge in [0.1, 0.15) is 11.5 Å². The van der Waals surface area contributed by atoms with Crippen molar-refractivity contribution < 1.29 is 50.0 Å². The Morgan fingerprint density at radius 2 is 1.50 bits per heavy atom. The fraction of sp³-hybridized carbons (Fsp3) is 0.316. The molecule has 0 bridgehead atoms. The molecule has 0 aromatic heterocycles. The first kappa shape index (κ1) is 27.7. The number of carbonyl (C=O) groups is 1. The second kappa shape index (κ2) is 13.6. The van der Waals surface area contributed by atoms with E-state index in [-0.39, 0.29) is 34.8 Å². The summed E-state index contributed by atoms with van der Waals surface area (Å²) in [7, 11) is 4.69. The molecule has 0 spiro atoms. The minimum absolute atomic E-state index is 0. The second-order valence-corrected chi connectivity index (χ2v) is 5.06. The molecule has 0 radical (unpaired) electrons. The number of hydrogen-bond donors (Lipinski definition) is 0. The van der Waals surface area contributed by atoms with Gasteiger partial charge in [-0.25, -0.2) is 0 Å². The molecule has 1 aliphatic heterocycles. The van der Waals surface area contributed by atoms with E-state index in [4.69, 9.17) is 33.2 Å². The molecule has 9 heteroatoms. The van der Waals surface area contributed by atoms with Gasteiger partial charge in [-0.1, -0.05) is 6.08 Å². The molecule has 2 atom stereocenters. The number of allylic oxidation sites excluding steroid dienone is 3. The fourth-order valence-corrected chi connectivity index (χ4v) is 3.00. The van der Waals surface area contributed by atoms with E-state index in [1.807, 2.05) is 18.2 Å². The Morgan fingerprint density at radius 3 is 1.96 bits per heavy atom. The molecule has 28 heavy (non-hydrogen) atoms. The molecule has 3 rings (SSSR count). The van der Waals surface area contributed by atoms with E-state index < -0.39 is 0 Å². The van der Waals surface area contributed by atoms with Crippen LogP contribution in [0.2, 0.25) is 0 Å². The Bertz CT molecular complexity index is 783. The molecular formula is C19H17FeNO7. The Balaban J connectivity index is 0. The smallest absolute Gasteiger partial charge is 0 e. The van der Waals surface area contributed by atoms with Gasteiger partial charge in [0.2, 0.25) is 5.78 Å². The second-order valence-electron chi connectivity index (χ2n) is 5.06. The molecule has 0 aromatic rings. The molecule has 0 N–H and O–H groups in total. The average Bonchev–Trinajstić information content (AvgIpc) is 3.11. The van der Waals surface area contributed by atoms with E-state index in [9.17, 15) is 4.79 Å². The predicted molar refractivity (Wildman–Crippen MR) is 89.5 cm³/mol. The number of nitrogens with zero attached hydrogens (tertiary/aromatic N) is 1. The SMILES string of the molecule is COC1=C[C@@H]2N=C3C(OC)=C(C)C(=O)C(OC)=C3[C@@H]2C=C1.[C-]#[O+].[C-]#[O+].[C-]#[O+].[Fe]. The van der Waals surface area contributed by atoms with Crippen molar-refractivity contribution in [2.24, 2.45) is 10.9 Å². The zero-order chi connectivity index (χ0) is 21.1. The zero-order valence-corrected chi connectivity index (χ0v) is 16.6. The van der Waals surface area contributed by atoms with Gasteiger partial charge in [-0.2, -0.15) is 0 Å². The van der Waals surface area contributed by atoms with E-state index >= 15 is 0 Å². The number of fused-ring (bicyclic) bond motifs is 3. The molecular weight excluding hydrogens is 410 g/mol. The standard InChI is InChI=1S/C16H17NO4.3CO.Fe/c1-8-14(18)16(21-4)12-10-6-5-9(19-2)7-11(10)17-13(12)15(8)20-3;3*1-2;/h5-7,10-11H,1-4H3;;;;/t10-,11+;;;;/m1..../s1. The van der Waals surface area contributed by atoms with Crippen LogP contribution in [0.1, 0.15) is 6.92 Å². The first-order valence-corrected chi connectivity index (χ1v) is 7.33. The monoisotopic (exact) mass is 427 g/mol. The summed E-state index contributed by atoms with van der Waals surface area (Å²) in [6.45, 7) is 15.2. The van der Waals surface area contributed by atoms with Crippen LogP contribution in [-0.2, 0) is 50.0 Å². The van der Waals surface area contributed by atoms with Crippen molar-refractivity contribution in [2.45, 2.75) is 13.0 Å². The normalized spacial score (nSPS) is 20.6. The Morgan fingerprint density at radius 1 is 0.964 bits per heavy atom. The van der Waals surface area contributed by atoms with Crippen LogP contribution in [0.4, 0.5) is 0 Å². The number of aliphatic imine (C=N–C) groups is 1. The van der Waals surface area contributed by atoms with Crippen molar-refractivity contribution in [1.29, 1.82) is 0 Å². The molecule has 0 aromatic carbocycles. The summed E-state index contributed by atoms with van der Waals surface area (Å²) in [5, 5.41) is 0. The van der Waals surface area contributed by atoms with Crippen LogP contribution in [-0.4, -0.2) is 38.9 Å². The van der Waals surface area contributed by atoms with Gasteiger partial charge in [0.05, 0.1) is 27.4 Å². The van der Waals surface area contributed by atoms with Crippen molar-refractivity contribution in [3.05, 3.63) is 66.6 Å². The van der Waals surface area contributed by atoms with Crippen LogP contribution in [0.5, 0.6) is 0 Å². The molecule has 0 unspecified atom stereocenters. The van der Waals surface area contributed by atoms with Crippen LogP contribution in [0.15, 0.2) is 51.6 Å². The predicted octanol–water partition coefficient (Wildman–Crippen LogP) is 1.81. The maximum Gasteiger partial charge on any atom is 0 e.